The van der Waals surface area contributed by atoms with Crippen molar-refractivity contribution < 1.29 is 4.74 Å². The van der Waals surface area contributed by atoms with Gasteiger partial charge in [0.2, 0.25) is 0 Å². The van der Waals surface area contributed by atoms with Crippen LogP contribution in [0.5, 0.6) is 0 Å². The Morgan fingerprint density at radius 2 is 2.38 bits per heavy atom. The monoisotopic (exact) mass is 238 g/mol. The van der Waals surface area contributed by atoms with Crippen LogP contribution in [0.4, 0.5) is 0 Å². The Kier molecular flexibility index (Phi) is 2.96. The molecule has 16 heavy (non-hydrogen) atoms. The molecule has 2 fully saturated rings. The molecule has 3 nitrogen and oxygen atoms in total. The van der Waals surface area contributed by atoms with Gasteiger partial charge < -0.3 is 10.1 Å². The highest BCUT2D eigenvalue weighted by Crippen LogP contribution is 2.38. The van der Waals surface area contributed by atoms with Crippen molar-refractivity contribution in [3.8, 4) is 0 Å². The van der Waals surface area contributed by atoms with Crippen molar-refractivity contribution in [1.82, 2.24) is 10.3 Å². The van der Waals surface area contributed by atoms with E-state index in [-0.39, 0.29) is 0 Å². The Bertz CT molecular complexity index is 362. The molecule has 0 radical (unpaired) electrons. The van der Waals surface area contributed by atoms with E-state index in [2.05, 4.69) is 22.6 Å². The molecule has 1 saturated carbocycles. The molecule has 0 amide bonds. The van der Waals surface area contributed by atoms with Crippen LogP contribution < -0.4 is 5.32 Å². The van der Waals surface area contributed by atoms with E-state index >= 15 is 0 Å². The van der Waals surface area contributed by atoms with Gasteiger partial charge >= 0.3 is 0 Å². The van der Waals surface area contributed by atoms with E-state index in [0.29, 0.717) is 12.1 Å². The van der Waals surface area contributed by atoms with Crippen LogP contribution in [0.2, 0.25) is 0 Å². The van der Waals surface area contributed by atoms with Gasteiger partial charge in [-0.2, -0.15) is 0 Å². The lowest BCUT2D eigenvalue weighted by Gasteiger charge is -2.18. The van der Waals surface area contributed by atoms with E-state index in [4.69, 9.17) is 4.74 Å². The van der Waals surface area contributed by atoms with Crippen LogP contribution in [0.1, 0.15) is 30.0 Å². The summed E-state index contributed by atoms with van der Waals surface area (Å²) in [5.74, 6) is 0.831. The summed E-state index contributed by atoms with van der Waals surface area (Å²) >= 11 is 1.72. The number of aryl methyl sites for hydroxylation is 1. The van der Waals surface area contributed by atoms with Gasteiger partial charge in [0, 0.05) is 24.6 Å². The van der Waals surface area contributed by atoms with Gasteiger partial charge in [0.05, 0.1) is 16.8 Å². The largest absolute Gasteiger partial charge is 0.376 e. The topological polar surface area (TPSA) is 34.2 Å². The maximum atomic E-state index is 5.80. The second-order valence-electron chi connectivity index (χ2n) is 4.81. The highest BCUT2D eigenvalue weighted by Gasteiger charge is 2.40. The Labute approximate surface area is 100 Å². The van der Waals surface area contributed by atoms with Gasteiger partial charge in [-0.3, -0.25) is 0 Å². The quantitative estimate of drug-likeness (QED) is 0.872. The molecule has 88 valence electrons. The summed E-state index contributed by atoms with van der Waals surface area (Å²) in [5.41, 5.74) is 1.17. The van der Waals surface area contributed by atoms with Crippen LogP contribution >= 0.6 is 11.3 Å². The van der Waals surface area contributed by atoms with Crippen molar-refractivity contribution in [3.05, 3.63) is 16.1 Å². The zero-order valence-electron chi connectivity index (χ0n) is 9.61. The number of rotatable bonds is 4. The number of thiazole rings is 1. The van der Waals surface area contributed by atoms with Crippen molar-refractivity contribution in [1.29, 1.82) is 0 Å². The summed E-state index contributed by atoms with van der Waals surface area (Å²) < 4.78 is 5.80. The van der Waals surface area contributed by atoms with E-state index in [1.807, 2.05) is 0 Å². The first-order valence-electron chi connectivity index (χ1n) is 6.09. The minimum absolute atomic E-state index is 0.472. The molecule has 0 bridgehead atoms. The Balaban J connectivity index is 1.54. The van der Waals surface area contributed by atoms with Crippen LogP contribution in [0.3, 0.4) is 0 Å². The minimum atomic E-state index is 0.472. The molecule has 1 aliphatic heterocycles. The van der Waals surface area contributed by atoms with Crippen molar-refractivity contribution >= 4 is 11.3 Å². The van der Waals surface area contributed by atoms with E-state index < -0.39 is 0 Å². The fourth-order valence-electron chi connectivity index (χ4n) is 2.44. The van der Waals surface area contributed by atoms with Gasteiger partial charge in [0.15, 0.2) is 0 Å². The number of ether oxygens (including phenoxy) is 1. The second kappa shape index (κ2) is 4.43. The summed E-state index contributed by atoms with van der Waals surface area (Å²) in [4.78, 5) is 4.47. The summed E-state index contributed by atoms with van der Waals surface area (Å²) in [6, 6.07) is 0.550. The molecule has 2 unspecified atom stereocenters. The molecule has 2 atom stereocenters. The molecule has 1 N–H and O–H groups in total. The number of hydrogen-bond acceptors (Lipinski definition) is 4. The fourth-order valence-corrected chi connectivity index (χ4v) is 3.06. The maximum absolute atomic E-state index is 5.80. The normalized spacial score (nSPS) is 29.8. The van der Waals surface area contributed by atoms with Crippen LogP contribution in [0, 0.1) is 12.8 Å². The highest BCUT2D eigenvalue weighted by molar-refractivity contribution is 7.09. The number of aromatic nitrogens is 1. The zero-order valence-corrected chi connectivity index (χ0v) is 10.4. The molecule has 1 aromatic rings. The number of nitrogens with one attached hydrogen (secondary N) is 1. The van der Waals surface area contributed by atoms with Gasteiger partial charge in [0.25, 0.3) is 0 Å². The molecule has 1 aromatic heterocycles. The van der Waals surface area contributed by atoms with Gasteiger partial charge in [0.1, 0.15) is 0 Å². The molecule has 0 spiro atoms. The van der Waals surface area contributed by atoms with Crippen LogP contribution in [0.25, 0.3) is 0 Å². The minimum Gasteiger partial charge on any atom is -0.376 e. The van der Waals surface area contributed by atoms with Crippen LogP contribution in [0.15, 0.2) is 5.38 Å². The van der Waals surface area contributed by atoms with Gasteiger partial charge in [-0.05, 0) is 32.1 Å². The third-order valence-corrected chi connectivity index (χ3v) is 4.26. The Morgan fingerprint density at radius 3 is 3.06 bits per heavy atom. The van der Waals surface area contributed by atoms with E-state index in [1.54, 1.807) is 11.3 Å². The number of hydrogen-bond donors (Lipinski definition) is 1. The maximum Gasteiger partial charge on any atom is 0.0897 e. The first-order chi connectivity index (χ1) is 7.83. The SMILES string of the molecule is Cc1nc(CNC2CCOC2C2CC2)cs1. The summed E-state index contributed by atoms with van der Waals surface area (Å²) in [6.45, 7) is 3.87. The van der Waals surface area contributed by atoms with E-state index in [0.717, 1.165) is 30.5 Å². The van der Waals surface area contributed by atoms with Crippen LogP contribution in [-0.2, 0) is 11.3 Å². The molecule has 1 aliphatic carbocycles. The zero-order chi connectivity index (χ0) is 11.0. The average Bonchev–Trinajstić information content (AvgIpc) is 2.86. The van der Waals surface area contributed by atoms with Crippen molar-refractivity contribution in [2.45, 2.75) is 44.9 Å². The average molecular weight is 238 g/mol. The van der Waals surface area contributed by atoms with E-state index in [1.165, 1.54) is 18.5 Å². The Morgan fingerprint density at radius 1 is 1.50 bits per heavy atom. The molecule has 2 aliphatic rings. The second-order valence-corrected chi connectivity index (χ2v) is 5.87. The van der Waals surface area contributed by atoms with Crippen molar-refractivity contribution in [2.24, 2.45) is 5.92 Å². The highest BCUT2D eigenvalue weighted by atomic mass is 32.1. The molecule has 2 heterocycles. The summed E-state index contributed by atoms with van der Waals surface area (Å²) in [5, 5.41) is 6.90. The third-order valence-electron chi connectivity index (χ3n) is 3.43. The third kappa shape index (κ3) is 2.29. The number of nitrogens with zero attached hydrogens (tertiary/aromatic N) is 1. The first-order valence-corrected chi connectivity index (χ1v) is 6.97. The van der Waals surface area contributed by atoms with E-state index in [9.17, 15) is 0 Å². The molecular weight excluding hydrogens is 220 g/mol. The summed E-state index contributed by atoms with van der Waals surface area (Å²) in [6.07, 6.45) is 4.35. The lowest BCUT2D eigenvalue weighted by Crippen LogP contribution is -2.37. The predicted octanol–water partition coefficient (Wildman–Crippen LogP) is 2.11. The first kappa shape index (κ1) is 10.7. The molecular formula is C12H18N2OS. The van der Waals surface area contributed by atoms with Gasteiger partial charge in [-0.15, -0.1) is 11.3 Å². The summed E-state index contributed by atoms with van der Waals surface area (Å²) in [7, 11) is 0. The van der Waals surface area contributed by atoms with Crippen LogP contribution in [-0.4, -0.2) is 23.7 Å². The predicted molar refractivity (Wildman–Crippen MR) is 64.6 cm³/mol. The fraction of sp³-hybridized carbons (Fsp3) is 0.750. The van der Waals surface area contributed by atoms with Gasteiger partial charge in [-0.1, -0.05) is 0 Å². The smallest absolute Gasteiger partial charge is 0.0897 e. The van der Waals surface area contributed by atoms with Gasteiger partial charge in [-0.25, -0.2) is 4.98 Å². The Hall–Kier alpha value is -0.450. The molecule has 1 saturated heterocycles. The van der Waals surface area contributed by atoms with Crippen molar-refractivity contribution in [2.75, 3.05) is 6.61 Å². The lowest BCUT2D eigenvalue weighted by molar-refractivity contribution is 0.0808. The molecule has 0 aromatic carbocycles. The molecule has 3 rings (SSSR count). The lowest BCUT2D eigenvalue weighted by atomic mass is 10.1. The van der Waals surface area contributed by atoms with Crippen molar-refractivity contribution in [3.63, 3.8) is 0 Å². The molecule has 4 heteroatoms. The standard InChI is InChI=1S/C12H18N2OS/c1-8-14-10(7-16-8)6-13-11-4-5-15-12(11)9-2-3-9/h7,9,11-13H,2-6H2,1H3.